The first-order chi connectivity index (χ1) is 14.4. The van der Waals surface area contributed by atoms with E-state index in [1.807, 2.05) is 0 Å². The van der Waals surface area contributed by atoms with Gasteiger partial charge in [-0.2, -0.15) is 13.2 Å². The summed E-state index contributed by atoms with van der Waals surface area (Å²) in [7, 11) is 0. The number of benzene rings is 2. The van der Waals surface area contributed by atoms with Crippen LogP contribution in [0.4, 0.5) is 23.7 Å². The van der Waals surface area contributed by atoms with Crippen LogP contribution >= 0.6 is 11.8 Å². The van der Waals surface area contributed by atoms with Crippen LogP contribution < -0.4 is 11.1 Å². The number of amides is 3. The van der Waals surface area contributed by atoms with E-state index in [0.717, 1.165) is 6.07 Å². The molecule has 0 bridgehead atoms. The van der Waals surface area contributed by atoms with Crippen LogP contribution in [-0.2, 0) is 15.7 Å². The van der Waals surface area contributed by atoms with Gasteiger partial charge in [0.05, 0.1) is 20.9 Å². The number of urea groups is 1. The number of nitro benzene ring substituents is 1. The minimum Gasteiger partial charge on any atom is -0.449 e. The Morgan fingerprint density at radius 1 is 1.16 bits per heavy atom. The van der Waals surface area contributed by atoms with Gasteiger partial charge >= 0.3 is 18.2 Å². The molecule has 3 amide bonds. The quantitative estimate of drug-likeness (QED) is 0.384. The highest BCUT2D eigenvalue weighted by Crippen LogP contribution is 2.40. The van der Waals surface area contributed by atoms with Crippen LogP contribution in [0.5, 0.6) is 0 Å². The van der Waals surface area contributed by atoms with E-state index >= 15 is 0 Å². The minimum absolute atomic E-state index is 0.0968. The van der Waals surface area contributed by atoms with Gasteiger partial charge in [0.15, 0.2) is 6.10 Å². The van der Waals surface area contributed by atoms with Crippen LogP contribution in [-0.4, -0.2) is 28.9 Å². The maximum Gasteiger partial charge on any atom is 0.416 e. The third-order valence-corrected chi connectivity index (χ3v) is 4.85. The van der Waals surface area contributed by atoms with Gasteiger partial charge < -0.3 is 10.5 Å². The Morgan fingerprint density at radius 2 is 1.81 bits per heavy atom. The molecule has 0 heterocycles. The van der Waals surface area contributed by atoms with E-state index in [4.69, 9.17) is 10.5 Å². The number of imide groups is 1. The lowest BCUT2D eigenvalue weighted by molar-refractivity contribution is -0.388. The minimum atomic E-state index is -4.77. The Bertz CT molecular complexity index is 1040. The van der Waals surface area contributed by atoms with Crippen molar-refractivity contribution >= 4 is 35.4 Å². The van der Waals surface area contributed by atoms with Gasteiger partial charge in [0.1, 0.15) is 0 Å². The number of hydrogen-bond donors (Lipinski definition) is 2. The number of carbonyl (C=O) groups excluding carboxylic acids is 3. The number of ether oxygens (including phenoxy) is 1. The molecule has 0 saturated carbocycles. The predicted octanol–water partition coefficient (Wildman–Crippen LogP) is 3.51. The molecule has 2 aromatic carbocycles. The average molecular weight is 457 g/mol. The molecule has 31 heavy (non-hydrogen) atoms. The number of hydrogen-bond acceptors (Lipinski definition) is 7. The molecule has 13 heteroatoms. The first kappa shape index (κ1) is 23.7. The average Bonchev–Trinajstić information content (AvgIpc) is 2.67. The van der Waals surface area contributed by atoms with Crippen LogP contribution in [0.25, 0.3) is 0 Å². The molecule has 2 rings (SSSR count). The summed E-state index contributed by atoms with van der Waals surface area (Å²) in [6.45, 7) is 1.19. The second kappa shape index (κ2) is 9.47. The van der Waals surface area contributed by atoms with Crippen molar-refractivity contribution in [3.05, 3.63) is 63.7 Å². The summed E-state index contributed by atoms with van der Waals surface area (Å²) in [4.78, 5) is 45.1. The zero-order chi connectivity index (χ0) is 23.3. The highest BCUT2D eigenvalue weighted by Gasteiger charge is 2.33. The molecule has 1 atom stereocenters. The van der Waals surface area contributed by atoms with Crippen molar-refractivity contribution in [1.29, 1.82) is 0 Å². The fraction of sp³-hybridized carbons (Fsp3) is 0.167. The van der Waals surface area contributed by atoms with Gasteiger partial charge in [0, 0.05) is 11.0 Å². The highest BCUT2D eigenvalue weighted by atomic mass is 32.2. The van der Waals surface area contributed by atoms with Crippen molar-refractivity contribution in [3.8, 4) is 0 Å². The van der Waals surface area contributed by atoms with Crippen LogP contribution in [0, 0.1) is 10.1 Å². The smallest absolute Gasteiger partial charge is 0.416 e. The summed E-state index contributed by atoms with van der Waals surface area (Å²) < 4.78 is 43.6. The van der Waals surface area contributed by atoms with Crippen LogP contribution in [0.1, 0.15) is 22.8 Å². The maximum atomic E-state index is 12.9. The fourth-order valence-corrected chi connectivity index (χ4v) is 3.29. The topological polar surface area (TPSA) is 142 Å². The third-order valence-electron chi connectivity index (χ3n) is 3.71. The van der Waals surface area contributed by atoms with Crippen molar-refractivity contribution in [3.63, 3.8) is 0 Å². The Hall–Kier alpha value is -3.61. The zero-order valence-electron chi connectivity index (χ0n) is 15.6. The Kier molecular flexibility index (Phi) is 7.23. The number of rotatable bonds is 6. The van der Waals surface area contributed by atoms with Gasteiger partial charge in [-0.15, -0.1) is 0 Å². The molecular formula is C18H14F3N3O6S. The molecule has 1 unspecified atom stereocenters. The molecule has 0 aromatic heterocycles. The van der Waals surface area contributed by atoms with Crippen LogP contribution in [0.15, 0.2) is 52.3 Å². The van der Waals surface area contributed by atoms with Gasteiger partial charge in [0.2, 0.25) is 0 Å². The molecule has 0 aliphatic rings. The Balaban J connectivity index is 2.32. The first-order valence-electron chi connectivity index (χ1n) is 8.34. The van der Waals surface area contributed by atoms with Gasteiger partial charge in [-0.25, -0.2) is 9.59 Å². The lowest BCUT2D eigenvalue weighted by Crippen LogP contribution is -2.42. The number of nitrogens with one attached hydrogen (secondary N) is 1. The molecule has 3 N–H and O–H groups in total. The van der Waals surface area contributed by atoms with E-state index in [0.29, 0.717) is 23.9 Å². The lowest BCUT2D eigenvalue weighted by atomic mass is 10.2. The van der Waals surface area contributed by atoms with Crippen molar-refractivity contribution in [2.45, 2.75) is 29.0 Å². The maximum absolute atomic E-state index is 12.9. The number of esters is 1. The molecule has 0 aliphatic heterocycles. The Labute approximate surface area is 176 Å². The monoisotopic (exact) mass is 457 g/mol. The molecule has 0 saturated heterocycles. The van der Waals surface area contributed by atoms with E-state index in [1.54, 1.807) is 5.32 Å². The zero-order valence-corrected chi connectivity index (χ0v) is 16.5. The number of halogens is 3. The second-order valence-electron chi connectivity index (χ2n) is 5.94. The molecule has 2 aromatic rings. The van der Waals surface area contributed by atoms with E-state index in [-0.39, 0.29) is 15.4 Å². The van der Waals surface area contributed by atoms with Gasteiger partial charge in [-0.05, 0) is 31.2 Å². The molecule has 0 radical (unpaired) electrons. The lowest BCUT2D eigenvalue weighted by Gasteiger charge is -2.14. The van der Waals surface area contributed by atoms with Crippen LogP contribution in [0.3, 0.4) is 0 Å². The molecule has 0 fully saturated rings. The van der Waals surface area contributed by atoms with E-state index in [1.165, 1.54) is 31.2 Å². The Morgan fingerprint density at radius 3 is 2.39 bits per heavy atom. The summed E-state index contributed by atoms with van der Waals surface area (Å²) in [5, 5.41) is 13.0. The standard InChI is InChI=1S/C18H14F3N3O6S/c1-9(15(25)23-17(22)27)30-16(26)11-4-2-3-5-13(11)31-14-7-6-10(18(19,20)21)8-12(14)24(28)29/h2-9H,1H3,(H3,22,23,25,27). The van der Waals surface area contributed by atoms with Crippen molar-refractivity contribution in [1.82, 2.24) is 5.32 Å². The predicted molar refractivity (Wildman–Crippen MR) is 101 cm³/mol. The first-order valence-corrected chi connectivity index (χ1v) is 9.15. The summed E-state index contributed by atoms with van der Waals surface area (Å²) in [5.74, 6) is -1.96. The van der Waals surface area contributed by atoms with E-state index in [9.17, 15) is 37.7 Å². The SMILES string of the molecule is CC(OC(=O)c1ccccc1Sc1ccc(C(F)(F)F)cc1[N+](=O)[O-])C(=O)NC(N)=O. The second-order valence-corrected chi connectivity index (χ2v) is 7.02. The summed E-state index contributed by atoms with van der Waals surface area (Å²) in [5.41, 5.74) is 2.74. The number of primary amides is 1. The van der Waals surface area contributed by atoms with Crippen molar-refractivity contribution < 1.29 is 37.2 Å². The largest absolute Gasteiger partial charge is 0.449 e. The molecular weight excluding hydrogens is 443 g/mol. The number of nitro groups is 1. The number of carbonyl (C=O) groups is 3. The van der Waals surface area contributed by atoms with Gasteiger partial charge in [-0.1, -0.05) is 23.9 Å². The summed E-state index contributed by atoms with van der Waals surface area (Å²) in [6.07, 6.45) is -6.16. The van der Waals surface area contributed by atoms with Crippen LogP contribution in [0.2, 0.25) is 0 Å². The molecule has 9 nitrogen and oxygen atoms in total. The van der Waals surface area contributed by atoms with Gasteiger partial charge in [-0.3, -0.25) is 20.2 Å². The summed E-state index contributed by atoms with van der Waals surface area (Å²) >= 11 is 0.678. The molecule has 0 aliphatic carbocycles. The fourth-order valence-electron chi connectivity index (χ4n) is 2.27. The number of alkyl halides is 3. The summed E-state index contributed by atoms with van der Waals surface area (Å²) in [6, 6.07) is 6.53. The molecule has 164 valence electrons. The van der Waals surface area contributed by atoms with Gasteiger partial charge in [0.25, 0.3) is 11.6 Å². The number of nitrogens with zero attached hydrogens (tertiary/aromatic N) is 1. The molecule has 0 spiro atoms. The van der Waals surface area contributed by atoms with E-state index in [2.05, 4.69) is 0 Å². The van der Waals surface area contributed by atoms with Crippen molar-refractivity contribution in [2.24, 2.45) is 5.73 Å². The normalized spacial score (nSPS) is 12.0. The number of nitrogens with two attached hydrogens (primary N) is 1. The highest BCUT2D eigenvalue weighted by molar-refractivity contribution is 7.99. The third kappa shape index (κ3) is 6.18. The van der Waals surface area contributed by atoms with E-state index < -0.39 is 46.4 Å². The van der Waals surface area contributed by atoms with Crippen molar-refractivity contribution in [2.75, 3.05) is 0 Å².